The number of nitrogens with zero attached hydrogens (tertiary/aromatic N) is 3. The first kappa shape index (κ1) is 56.6. The summed E-state index contributed by atoms with van der Waals surface area (Å²) in [5, 5.41) is 8.95. The van der Waals surface area contributed by atoms with Crippen LogP contribution in [0.25, 0.3) is 0 Å². The van der Waals surface area contributed by atoms with Crippen molar-refractivity contribution in [3.8, 4) is 0 Å². The van der Waals surface area contributed by atoms with Gasteiger partial charge in [-0.15, -0.1) is 0 Å². The zero-order chi connectivity index (χ0) is 47.1. The first-order chi connectivity index (χ1) is 33.8. The van der Waals surface area contributed by atoms with Gasteiger partial charge in [0.15, 0.2) is 0 Å². The molecule has 0 bridgehead atoms. The summed E-state index contributed by atoms with van der Waals surface area (Å²) in [6.07, 6.45) is 7.57. The van der Waals surface area contributed by atoms with Gasteiger partial charge in [0.25, 0.3) is 6.79 Å². The molecule has 367 valence electrons. The summed E-state index contributed by atoms with van der Waals surface area (Å²) in [5.74, 6) is 0. The first-order valence-corrected chi connectivity index (χ1v) is 29.1. The molecule has 3 saturated heterocycles. The van der Waals surface area contributed by atoms with Crippen LogP contribution in [0, 0.1) is 0 Å². The molecule has 0 amide bonds. The molecule has 69 heavy (non-hydrogen) atoms. The SMILES string of the molecule is [C]=O.[Rh].c1ccc(P(CCCN2CCOCC2)c2ccccc2)cc1.c1ccc(P(CCCN2CCOCC2)c2ccccc2)cc1.c1ccc(P(CCCN2CCOCC2)c2ccccc2)cc1. The van der Waals surface area contributed by atoms with Gasteiger partial charge in [-0.3, -0.25) is 19.5 Å². The monoisotopic (exact) mass is 1070 g/mol. The standard InChI is InChI=1S/3C19H24NOP.CO.Rh/c3*1-3-8-18(9-4-1)22(19-10-5-2-6-11-19)17-7-12-20-13-15-21-16-14-20;1-2;/h3*1-6,8-11H,7,12-17H2;;. The maximum Gasteiger partial charge on any atom is 0.281 e. The molecule has 0 unspecified atom stereocenters. The van der Waals surface area contributed by atoms with E-state index in [0.717, 1.165) is 78.9 Å². The number of hydrogen-bond donors (Lipinski definition) is 0. The molecule has 6 aromatic rings. The largest absolute Gasteiger partial charge is 0.379 e. The van der Waals surface area contributed by atoms with Crippen LogP contribution in [-0.2, 0) is 38.5 Å². The number of rotatable bonds is 18. The van der Waals surface area contributed by atoms with E-state index in [1.807, 2.05) is 0 Å². The molecule has 0 saturated carbocycles. The predicted octanol–water partition coefficient (Wildman–Crippen LogP) is 8.13. The van der Waals surface area contributed by atoms with E-state index < -0.39 is 0 Å². The minimum atomic E-state index is -0.236. The molecule has 0 spiro atoms. The summed E-state index contributed by atoms with van der Waals surface area (Å²) in [6, 6.07) is 66.0. The van der Waals surface area contributed by atoms with Crippen molar-refractivity contribution in [3.05, 3.63) is 182 Å². The number of ether oxygens (including phenoxy) is 3. The second-order valence-corrected chi connectivity index (χ2v) is 23.9. The molecule has 3 heterocycles. The van der Waals surface area contributed by atoms with Crippen molar-refractivity contribution in [2.45, 2.75) is 19.3 Å². The van der Waals surface area contributed by atoms with Gasteiger partial charge in [-0.05, 0) is 113 Å². The Balaban J connectivity index is 0.000000188. The summed E-state index contributed by atoms with van der Waals surface area (Å²) in [6.45, 7) is 20.0. The normalized spacial score (nSPS) is 15.4. The molecule has 3 fully saturated rings. The molecule has 3 radical (unpaired) electrons. The molecule has 0 N–H and O–H groups in total. The fourth-order valence-electron chi connectivity index (χ4n) is 8.70. The molecule has 3 aliphatic rings. The van der Waals surface area contributed by atoms with Crippen LogP contribution in [0.4, 0.5) is 0 Å². The third kappa shape index (κ3) is 20.7. The minimum Gasteiger partial charge on any atom is -0.379 e. The quantitative estimate of drug-likeness (QED) is 0.0638. The number of benzene rings is 6. The molecule has 11 heteroatoms. The molecule has 0 aromatic heterocycles. The fourth-order valence-corrected chi connectivity index (χ4v) is 15.7. The van der Waals surface area contributed by atoms with E-state index >= 15 is 0 Å². The van der Waals surface area contributed by atoms with Crippen molar-refractivity contribution in [2.24, 2.45) is 0 Å². The van der Waals surface area contributed by atoms with Crippen molar-refractivity contribution < 1.29 is 38.5 Å². The zero-order valence-corrected chi connectivity index (χ0v) is 44.6. The molecular weight excluding hydrogens is 998 g/mol. The van der Waals surface area contributed by atoms with Gasteiger partial charge in [-0.1, -0.05) is 182 Å². The van der Waals surface area contributed by atoms with Crippen LogP contribution in [0.15, 0.2) is 182 Å². The Morgan fingerprint density at radius 2 is 0.493 bits per heavy atom. The number of carbonyl (C=O) groups excluding carboxylic acids is 1. The van der Waals surface area contributed by atoms with Crippen molar-refractivity contribution in [2.75, 3.05) is 117 Å². The van der Waals surface area contributed by atoms with E-state index in [9.17, 15) is 0 Å². The average Bonchev–Trinajstić information content (AvgIpc) is 3.43. The topological polar surface area (TPSA) is 54.5 Å². The first-order valence-electron chi connectivity index (χ1n) is 24.5. The molecule has 3 aliphatic heterocycles. The number of morpholine rings is 3. The van der Waals surface area contributed by atoms with Crippen molar-refractivity contribution >= 4 is 62.4 Å². The Hall–Kier alpha value is -3.34. The molecule has 6 aromatic carbocycles. The summed E-state index contributed by atoms with van der Waals surface area (Å²) in [5.41, 5.74) is 0. The van der Waals surface area contributed by atoms with E-state index in [1.165, 1.54) is 89.2 Å². The summed E-state index contributed by atoms with van der Waals surface area (Å²) < 4.78 is 16.3. The maximum absolute atomic E-state index is 7.50. The third-order valence-electron chi connectivity index (χ3n) is 12.3. The van der Waals surface area contributed by atoms with Crippen molar-refractivity contribution in [1.29, 1.82) is 0 Å². The number of hydrogen-bond acceptors (Lipinski definition) is 7. The van der Waals surface area contributed by atoms with Crippen LogP contribution >= 0.6 is 23.8 Å². The Bertz CT molecular complexity index is 1780. The van der Waals surface area contributed by atoms with Gasteiger partial charge in [-0.25, -0.2) is 0 Å². The maximum atomic E-state index is 7.50. The molecule has 9 rings (SSSR count). The van der Waals surface area contributed by atoms with E-state index in [4.69, 9.17) is 19.0 Å². The smallest absolute Gasteiger partial charge is 0.281 e. The molecular formula is C58H72N3O4P3Rh. The molecule has 0 atom stereocenters. The van der Waals surface area contributed by atoms with Crippen LogP contribution in [0.3, 0.4) is 0 Å². The van der Waals surface area contributed by atoms with Gasteiger partial charge in [-0.2, -0.15) is 0 Å². The minimum absolute atomic E-state index is 0. The summed E-state index contributed by atoms with van der Waals surface area (Å²) in [4.78, 5) is 15.1. The molecule has 7 nitrogen and oxygen atoms in total. The van der Waals surface area contributed by atoms with Gasteiger partial charge >= 0.3 is 0 Å². The summed E-state index contributed by atoms with van der Waals surface area (Å²) in [7, 11) is -0.707. The van der Waals surface area contributed by atoms with Gasteiger partial charge in [0.2, 0.25) is 0 Å². The van der Waals surface area contributed by atoms with Crippen LogP contribution in [0.2, 0.25) is 0 Å². The van der Waals surface area contributed by atoms with Crippen molar-refractivity contribution in [3.63, 3.8) is 0 Å². The van der Waals surface area contributed by atoms with E-state index in [-0.39, 0.29) is 43.2 Å². The third-order valence-corrected chi connectivity index (χ3v) is 20.1. The van der Waals surface area contributed by atoms with Gasteiger partial charge in [0.05, 0.1) is 39.6 Å². The Labute approximate surface area is 431 Å². The zero-order valence-electron chi connectivity index (χ0n) is 40.3. The van der Waals surface area contributed by atoms with Gasteiger partial charge in [0, 0.05) is 58.7 Å². The van der Waals surface area contributed by atoms with Crippen LogP contribution in [0.1, 0.15) is 19.3 Å². The van der Waals surface area contributed by atoms with Crippen LogP contribution in [0.5, 0.6) is 0 Å². The van der Waals surface area contributed by atoms with Crippen molar-refractivity contribution in [1.82, 2.24) is 14.7 Å². The second kappa shape index (κ2) is 34.9. The fraction of sp³-hybridized carbons (Fsp3) is 0.362. The van der Waals surface area contributed by atoms with E-state index in [2.05, 4.69) is 203 Å². The Morgan fingerprint density at radius 1 is 0.319 bits per heavy atom. The Morgan fingerprint density at radius 3 is 0.667 bits per heavy atom. The van der Waals surface area contributed by atoms with Crippen LogP contribution in [-0.4, -0.2) is 139 Å². The second-order valence-electron chi connectivity index (χ2n) is 16.9. The van der Waals surface area contributed by atoms with Gasteiger partial charge < -0.3 is 14.2 Å². The van der Waals surface area contributed by atoms with Gasteiger partial charge in [0.1, 0.15) is 0 Å². The average molecular weight is 1070 g/mol. The van der Waals surface area contributed by atoms with E-state index in [0.29, 0.717) is 0 Å². The predicted molar refractivity (Wildman–Crippen MR) is 293 cm³/mol. The molecule has 0 aliphatic carbocycles. The summed E-state index contributed by atoms with van der Waals surface area (Å²) >= 11 is 0. The Kier molecular flexibility index (Phi) is 28.6. The van der Waals surface area contributed by atoms with E-state index in [1.54, 1.807) is 0 Å². The van der Waals surface area contributed by atoms with Crippen LogP contribution < -0.4 is 31.8 Å².